The van der Waals surface area contributed by atoms with E-state index in [1.807, 2.05) is 26.1 Å². The summed E-state index contributed by atoms with van der Waals surface area (Å²) in [5, 5.41) is 3.02. The normalized spacial score (nSPS) is 11.8. The van der Waals surface area contributed by atoms with Gasteiger partial charge in [0.05, 0.1) is 4.90 Å². The molecule has 0 radical (unpaired) electrons. The van der Waals surface area contributed by atoms with E-state index >= 15 is 0 Å². The van der Waals surface area contributed by atoms with E-state index < -0.39 is 10.0 Å². The summed E-state index contributed by atoms with van der Waals surface area (Å²) in [7, 11) is -1.62. The minimum atomic E-state index is -3.45. The van der Waals surface area contributed by atoms with Gasteiger partial charge < -0.3 is 10.1 Å². The lowest BCUT2D eigenvalue weighted by Gasteiger charge is -2.11. The van der Waals surface area contributed by atoms with Crippen molar-refractivity contribution in [3.8, 4) is 0 Å². The molecule has 0 atom stereocenters. The van der Waals surface area contributed by atoms with E-state index in [0.717, 1.165) is 11.1 Å². The Labute approximate surface area is 121 Å². The number of sulfonamides is 1. The van der Waals surface area contributed by atoms with Crippen LogP contribution >= 0.6 is 0 Å². The molecule has 0 aromatic heterocycles. The predicted octanol–water partition coefficient (Wildman–Crippen LogP) is 1.42. The van der Waals surface area contributed by atoms with Crippen LogP contribution in [0.1, 0.15) is 24.5 Å². The van der Waals surface area contributed by atoms with E-state index in [-0.39, 0.29) is 0 Å². The first kappa shape index (κ1) is 17.1. The van der Waals surface area contributed by atoms with Crippen LogP contribution in [0.2, 0.25) is 0 Å². The van der Waals surface area contributed by atoms with E-state index in [9.17, 15) is 8.42 Å². The van der Waals surface area contributed by atoms with Gasteiger partial charge in [-0.25, -0.2) is 13.1 Å². The van der Waals surface area contributed by atoms with Crippen LogP contribution in [0.3, 0.4) is 0 Å². The highest BCUT2D eigenvalue weighted by molar-refractivity contribution is 7.89. The Morgan fingerprint density at radius 1 is 1.30 bits per heavy atom. The summed E-state index contributed by atoms with van der Waals surface area (Å²) in [6, 6.07) is 5.48. The van der Waals surface area contributed by atoms with Crippen LogP contribution in [-0.2, 0) is 21.3 Å². The second-order valence-electron chi connectivity index (χ2n) is 4.58. The SMILES string of the molecule is CCOCCCNS(=O)(=O)c1cc(CNC)ccc1C. The molecular formula is C14H24N2O3S. The third-order valence-electron chi connectivity index (χ3n) is 2.88. The number of hydrogen-bond donors (Lipinski definition) is 2. The first-order chi connectivity index (χ1) is 9.51. The van der Waals surface area contributed by atoms with E-state index in [4.69, 9.17) is 4.74 Å². The van der Waals surface area contributed by atoms with Crippen molar-refractivity contribution in [2.75, 3.05) is 26.8 Å². The molecule has 0 saturated heterocycles. The molecule has 5 nitrogen and oxygen atoms in total. The van der Waals surface area contributed by atoms with Gasteiger partial charge in [0.1, 0.15) is 0 Å². The Balaban J connectivity index is 2.73. The monoisotopic (exact) mass is 300 g/mol. The smallest absolute Gasteiger partial charge is 0.240 e. The largest absolute Gasteiger partial charge is 0.382 e. The van der Waals surface area contributed by atoms with Gasteiger partial charge >= 0.3 is 0 Å². The molecule has 0 saturated carbocycles. The number of rotatable bonds is 9. The van der Waals surface area contributed by atoms with Crippen molar-refractivity contribution < 1.29 is 13.2 Å². The summed E-state index contributed by atoms with van der Waals surface area (Å²) in [6.07, 6.45) is 0.669. The molecule has 6 heteroatoms. The first-order valence-corrected chi connectivity index (χ1v) is 8.31. The summed E-state index contributed by atoms with van der Waals surface area (Å²) in [4.78, 5) is 0.349. The summed E-state index contributed by atoms with van der Waals surface area (Å²) >= 11 is 0. The maximum atomic E-state index is 12.3. The summed E-state index contributed by atoms with van der Waals surface area (Å²) in [6.45, 7) is 5.97. The Hall–Kier alpha value is -0.950. The molecule has 0 spiro atoms. The van der Waals surface area contributed by atoms with Crippen LogP contribution in [0.5, 0.6) is 0 Å². The van der Waals surface area contributed by atoms with Crippen molar-refractivity contribution in [2.45, 2.75) is 31.7 Å². The quantitative estimate of drug-likeness (QED) is 0.677. The molecular weight excluding hydrogens is 276 g/mol. The first-order valence-electron chi connectivity index (χ1n) is 6.82. The zero-order valence-electron chi connectivity index (χ0n) is 12.4. The van der Waals surface area contributed by atoms with Gasteiger partial charge in [-0.05, 0) is 44.5 Å². The molecule has 1 aromatic carbocycles. The maximum Gasteiger partial charge on any atom is 0.240 e. The van der Waals surface area contributed by atoms with E-state index in [0.29, 0.717) is 37.6 Å². The summed E-state index contributed by atoms with van der Waals surface area (Å²) in [5.74, 6) is 0. The van der Waals surface area contributed by atoms with Gasteiger partial charge in [-0.1, -0.05) is 12.1 Å². The van der Waals surface area contributed by atoms with Crippen LogP contribution < -0.4 is 10.0 Å². The molecule has 1 rings (SSSR count). The molecule has 0 aliphatic carbocycles. The molecule has 0 amide bonds. The minimum absolute atomic E-state index is 0.349. The molecule has 0 aliphatic heterocycles. The average molecular weight is 300 g/mol. The molecule has 0 heterocycles. The second kappa shape index (κ2) is 8.36. The molecule has 20 heavy (non-hydrogen) atoms. The Bertz CT molecular complexity index is 515. The van der Waals surface area contributed by atoms with Crippen molar-refractivity contribution >= 4 is 10.0 Å². The molecule has 1 aromatic rings. The highest BCUT2D eigenvalue weighted by Gasteiger charge is 2.16. The Kier molecular flexibility index (Phi) is 7.15. The highest BCUT2D eigenvalue weighted by atomic mass is 32.2. The standard InChI is InChI=1S/C14H24N2O3S/c1-4-19-9-5-8-16-20(17,18)14-10-13(11-15-3)7-6-12(14)2/h6-7,10,15-16H,4-5,8-9,11H2,1-3H3. The van der Waals surface area contributed by atoms with Gasteiger partial charge in [0.25, 0.3) is 0 Å². The van der Waals surface area contributed by atoms with Crippen LogP contribution in [0.4, 0.5) is 0 Å². The van der Waals surface area contributed by atoms with Crippen LogP contribution in [0.25, 0.3) is 0 Å². The molecule has 0 bridgehead atoms. The van der Waals surface area contributed by atoms with E-state index in [1.54, 1.807) is 13.0 Å². The Morgan fingerprint density at radius 3 is 2.70 bits per heavy atom. The molecule has 2 N–H and O–H groups in total. The van der Waals surface area contributed by atoms with E-state index in [2.05, 4.69) is 10.0 Å². The molecule has 0 unspecified atom stereocenters. The highest BCUT2D eigenvalue weighted by Crippen LogP contribution is 2.17. The third-order valence-corrected chi connectivity index (χ3v) is 4.49. The fourth-order valence-corrected chi connectivity index (χ4v) is 3.22. The fraction of sp³-hybridized carbons (Fsp3) is 0.571. The maximum absolute atomic E-state index is 12.3. The van der Waals surface area contributed by atoms with Crippen LogP contribution in [0.15, 0.2) is 23.1 Å². The average Bonchev–Trinajstić information content (AvgIpc) is 2.41. The predicted molar refractivity (Wildman–Crippen MR) is 80.2 cm³/mol. The number of ether oxygens (including phenoxy) is 1. The van der Waals surface area contributed by atoms with Crippen molar-refractivity contribution in [1.29, 1.82) is 0 Å². The van der Waals surface area contributed by atoms with Crippen molar-refractivity contribution in [2.24, 2.45) is 0 Å². The third kappa shape index (κ3) is 5.20. The number of aryl methyl sites for hydroxylation is 1. The van der Waals surface area contributed by atoms with Crippen molar-refractivity contribution in [1.82, 2.24) is 10.0 Å². The van der Waals surface area contributed by atoms with Gasteiger partial charge in [0.15, 0.2) is 0 Å². The Morgan fingerprint density at radius 2 is 2.05 bits per heavy atom. The molecule has 0 fully saturated rings. The van der Waals surface area contributed by atoms with Crippen molar-refractivity contribution in [3.63, 3.8) is 0 Å². The van der Waals surface area contributed by atoms with Gasteiger partial charge in [0, 0.05) is 26.3 Å². The number of nitrogens with one attached hydrogen (secondary N) is 2. The lowest BCUT2D eigenvalue weighted by atomic mass is 10.1. The molecule has 114 valence electrons. The van der Waals surface area contributed by atoms with Gasteiger partial charge in [-0.15, -0.1) is 0 Å². The second-order valence-corrected chi connectivity index (χ2v) is 6.31. The zero-order chi connectivity index (χ0) is 15.0. The number of hydrogen-bond acceptors (Lipinski definition) is 4. The van der Waals surface area contributed by atoms with Gasteiger partial charge in [-0.2, -0.15) is 0 Å². The summed E-state index contributed by atoms with van der Waals surface area (Å²) in [5.41, 5.74) is 1.70. The topological polar surface area (TPSA) is 67.4 Å². The molecule has 0 aliphatic rings. The van der Waals surface area contributed by atoms with Crippen LogP contribution in [-0.4, -0.2) is 35.2 Å². The summed E-state index contributed by atoms with van der Waals surface area (Å²) < 4.78 is 32.3. The minimum Gasteiger partial charge on any atom is -0.382 e. The lowest BCUT2D eigenvalue weighted by molar-refractivity contribution is 0.146. The van der Waals surface area contributed by atoms with Gasteiger partial charge in [0.2, 0.25) is 10.0 Å². The lowest BCUT2D eigenvalue weighted by Crippen LogP contribution is -2.26. The zero-order valence-corrected chi connectivity index (χ0v) is 13.2. The van der Waals surface area contributed by atoms with Gasteiger partial charge in [-0.3, -0.25) is 0 Å². The van der Waals surface area contributed by atoms with Crippen LogP contribution in [0, 0.1) is 6.92 Å². The number of benzene rings is 1. The van der Waals surface area contributed by atoms with E-state index in [1.165, 1.54) is 0 Å². The fourth-order valence-electron chi connectivity index (χ4n) is 1.85. The van der Waals surface area contributed by atoms with Crippen molar-refractivity contribution in [3.05, 3.63) is 29.3 Å².